The predicted molar refractivity (Wildman–Crippen MR) is 72.5 cm³/mol. The maximum Gasteiger partial charge on any atom is 0.245 e. The highest BCUT2D eigenvalue weighted by atomic mass is 16.5. The van der Waals surface area contributed by atoms with Crippen molar-refractivity contribution in [2.45, 2.75) is 58.3 Å². The zero-order valence-corrected chi connectivity index (χ0v) is 11.8. The number of carbonyl (C=O) groups excluding carboxylic acids is 2. The van der Waals surface area contributed by atoms with Crippen LogP contribution < -0.4 is 5.32 Å². The fourth-order valence-corrected chi connectivity index (χ4v) is 1.79. The maximum atomic E-state index is 11.0. The van der Waals surface area contributed by atoms with Gasteiger partial charge in [0.1, 0.15) is 12.4 Å². The number of ketones is 1. The number of ether oxygens (including phenoxy) is 1. The summed E-state index contributed by atoms with van der Waals surface area (Å²) in [5.74, 6) is 0.253. The number of unbranched alkanes of at least 4 members (excludes halogenated alkanes) is 6. The molecule has 0 saturated carbocycles. The molecule has 0 heterocycles. The average Bonchev–Trinajstić information content (AvgIpc) is 2.31. The number of hydrogen-bond acceptors (Lipinski definition) is 3. The van der Waals surface area contributed by atoms with E-state index in [9.17, 15) is 9.59 Å². The SMILES string of the molecule is COCC(=O)NCCCCCCCCCC(C)=O. The molecule has 0 radical (unpaired) electrons. The van der Waals surface area contributed by atoms with E-state index in [-0.39, 0.29) is 12.5 Å². The summed E-state index contributed by atoms with van der Waals surface area (Å²) in [4.78, 5) is 21.8. The van der Waals surface area contributed by atoms with Gasteiger partial charge in [0, 0.05) is 20.1 Å². The lowest BCUT2D eigenvalue weighted by atomic mass is 10.1. The molecule has 0 aromatic heterocycles. The van der Waals surface area contributed by atoms with Crippen molar-refractivity contribution in [3.8, 4) is 0 Å². The van der Waals surface area contributed by atoms with Crippen LogP contribution in [0.25, 0.3) is 0 Å². The van der Waals surface area contributed by atoms with Crippen molar-refractivity contribution in [3.63, 3.8) is 0 Å². The Balaban J connectivity index is 3.07. The molecule has 1 N–H and O–H groups in total. The third-order valence-corrected chi connectivity index (χ3v) is 2.80. The Morgan fingerprint density at radius 1 is 0.944 bits per heavy atom. The minimum absolute atomic E-state index is 0.0401. The fourth-order valence-electron chi connectivity index (χ4n) is 1.79. The monoisotopic (exact) mass is 257 g/mol. The summed E-state index contributed by atoms with van der Waals surface area (Å²) in [5, 5.41) is 2.81. The van der Waals surface area contributed by atoms with Gasteiger partial charge in [0.2, 0.25) is 5.91 Å². The summed E-state index contributed by atoms with van der Waals surface area (Å²) in [6.07, 6.45) is 8.74. The molecule has 0 rings (SSSR count). The molecule has 0 spiro atoms. The van der Waals surface area contributed by atoms with E-state index in [0.717, 1.165) is 38.6 Å². The van der Waals surface area contributed by atoms with Crippen LogP contribution in [-0.4, -0.2) is 32.0 Å². The molecule has 4 heteroatoms. The standard InChI is InChI=1S/C14H27NO3/c1-13(16)10-8-6-4-3-5-7-9-11-15-14(17)12-18-2/h3-12H2,1-2H3,(H,15,17). The summed E-state index contributed by atoms with van der Waals surface area (Å²) in [6.45, 7) is 2.54. The van der Waals surface area contributed by atoms with Crippen LogP contribution in [0.15, 0.2) is 0 Å². The smallest absolute Gasteiger partial charge is 0.245 e. The van der Waals surface area contributed by atoms with Crippen LogP contribution in [0.1, 0.15) is 58.3 Å². The quantitative estimate of drug-likeness (QED) is 0.546. The number of methoxy groups -OCH3 is 1. The number of rotatable bonds is 12. The number of carbonyl (C=O) groups is 2. The lowest BCUT2D eigenvalue weighted by molar-refractivity contribution is -0.124. The Kier molecular flexibility index (Phi) is 11.9. The molecular formula is C14H27NO3. The van der Waals surface area contributed by atoms with Crippen molar-refractivity contribution < 1.29 is 14.3 Å². The molecule has 0 fully saturated rings. The predicted octanol–water partition coefficient (Wildman–Crippen LogP) is 2.46. The lowest BCUT2D eigenvalue weighted by Gasteiger charge is -2.04. The van der Waals surface area contributed by atoms with Crippen molar-refractivity contribution in [3.05, 3.63) is 0 Å². The summed E-state index contributed by atoms with van der Waals surface area (Å²) >= 11 is 0. The molecule has 0 saturated heterocycles. The second kappa shape index (κ2) is 12.6. The number of amides is 1. The van der Waals surface area contributed by atoms with Crippen LogP contribution >= 0.6 is 0 Å². The van der Waals surface area contributed by atoms with Crippen molar-refractivity contribution in [1.82, 2.24) is 5.32 Å². The Labute approximate surface area is 110 Å². The van der Waals surface area contributed by atoms with E-state index in [4.69, 9.17) is 4.74 Å². The molecule has 0 unspecified atom stereocenters. The summed E-state index contributed by atoms with van der Waals surface area (Å²) in [5.41, 5.74) is 0. The van der Waals surface area contributed by atoms with Gasteiger partial charge in [-0.05, 0) is 19.8 Å². The van der Waals surface area contributed by atoms with Crippen molar-refractivity contribution in [1.29, 1.82) is 0 Å². The summed E-state index contributed by atoms with van der Waals surface area (Å²) in [7, 11) is 1.52. The second-order valence-electron chi connectivity index (χ2n) is 4.71. The van der Waals surface area contributed by atoms with Crippen molar-refractivity contribution >= 4 is 11.7 Å². The fraction of sp³-hybridized carbons (Fsp3) is 0.857. The maximum absolute atomic E-state index is 11.0. The van der Waals surface area contributed by atoms with Gasteiger partial charge >= 0.3 is 0 Å². The first-order chi connectivity index (χ1) is 8.66. The van der Waals surface area contributed by atoms with Gasteiger partial charge in [-0.25, -0.2) is 0 Å². The van der Waals surface area contributed by atoms with E-state index in [2.05, 4.69) is 5.32 Å². The van der Waals surface area contributed by atoms with Crippen molar-refractivity contribution in [2.75, 3.05) is 20.3 Å². The van der Waals surface area contributed by atoms with Crippen LogP contribution in [0.5, 0.6) is 0 Å². The van der Waals surface area contributed by atoms with Crippen LogP contribution in [0.3, 0.4) is 0 Å². The molecule has 106 valence electrons. The number of nitrogens with one attached hydrogen (secondary N) is 1. The van der Waals surface area contributed by atoms with Crippen molar-refractivity contribution in [2.24, 2.45) is 0 Å². The van der Waals surface area contributed by atoms with E-state index in [0.29, 0.717) is 5.78 Å². The number of hydrogen-bond donors (Lipinski definition) is 1. The van der Waals surface area contributed by atoms with Gasteiger partial charge in [-0.2, -0.15) is 0 Å². The van der Waals surface area contributed by atoms with E-state index in [1.54, 1.807) is 6.92 Å². The minimum Gasteiger partial charge on any atom is -0.375 e. The number of Topliss-reactive ketones (excluding diaryl/α,β-unsaturated/α-hetero) is 1. The third kappa shape index (κ3) is 13.2. The molecule has 0 aromatic carbocycles. The summed E-state index contributed by atoms with van der Waals surface area (Å²) in [6, 6.07) is 0. The highest BCUT2D eigenvalue weighted by Gasteiger charge is 1.98. The lowest BCUT2D eigenvalue weighted by Crippen LogP contribution is -2.27. The Morgan fingerprint density at radius 2 is 1.50 bits per heavy atom. The third-order valence-electron chi connectivity index (χ3n) is 2.80. The van der Waals surface area contributed by atoms with Crippen LogP contribution in [0.4, 0.5) is 0 Å². The second-order valence-corrected chi connectivity index (χ2v) is 4.71. The average molecular weight is 257 g/mol. The Hall–Kier alpha value is -0.900. The van der Waals surface area contributed by atoms with Crippen LogP contribution in [0.2, 0.25) is 0 Å². The van der Waals surface area contributed by atoms with Gasteiger partial charge in [0.05, 0.1) is 0 Å². The molecule has 0 aliphatic rings. The van der Waals surface area contributed by atoms with Gasteiger partial charge in [-0.3, -0.25) is 4.79 Å². The topological polar surface area (TPSA) is 55.4 Å². The van der Waals surface area contributed by atoms with E-state index in [1.807, 2.05) is 0 Å². The zero-order chi connectivity index (χ0) is 13.6. The molecule has 0 aliphatic heterocycles. The molecule has 18 heavy (non-hydrogen) atoms. The van der Waals surface area contributed by atoms with E-state index >= 15 is 0 Å². The highest BCUT2D eigenvalue weighted by molar-refractivity contribution is 5.77. The first-order valence-corrected chi connectivity index (χ1v) is 6.92. The van der Waals surface area contributed by atoms with Gasteiger partial charge in [0.25, 0.3) is 0 Å². The first-order valence-electron chi connectivity index (χ1n) is 6.92. The largest absolute Gasteiger partial charge is 0.375 e. The molecular weight excluding hydrogens is 230 g/mol. The molecule has 1 amide bonds. The van der Waals surface area contributed by atoms with Gasteiger partial charge in [-0.15, -0.1) is 0 Å². The highest BCUT2D eigenvalue weighted by Crippen LogP contribution is 2.08. The van der Waals surface area contributed by atoms with Crippen LogP contribution in [-0.2, 0) is 14.3 Å². The molecule has 4 nitrogen and oxygen atoms in total. The van der Waals surface area contributed by atoms with Crippen LogP contribution in [0, 0.1) is 0 Å². The molecule has 0 bridgehead atoms. The van der Waals surface area contributed by atoms with E-state index in [1.165, 1.54) is 26.4 Å². The van der Waals surface area contributed by atoms with E-state index < -0.39 is 0 Å². The Bertz CT molecular complexity index is 229. The Morgan fingerprint density at radius 3 is 2.06 bits per heavy atom. The molecule has 0 aliphatic carbocycles. The van der Waals surface area contributed by atoms with Gasteiger partial charge in [-0.1, -0.05) is 32.1 Å². The minimum atomic E-state index is -0.0401. The summed E-state index contributed by atoms with van der Waals surface area (Å²) < 4.78 is 4.72. The molecule has 0 atom stereocenters. The van der Waals surface area contributed by atoms with Gasteiger partial charge in [0.15, 0.2) is 0 Å². The first kappa shape index (κ1) is 17.1. The molecule has 0 aromatic rings. The zero-order valence-electron chi connectivity index (χ0n) is 11.8. The normalized spacial score (nSPS) is 10.3. The van der Waals surface area contributed by atoms with Gasteiger partial charge < -0.3 is 14.8 Å².